The highest BCUT2D eigenvalue weighted by Gasteiger charge is 2.43. The zero-order valence-corrected chi connectivity index (χ0v) is 65.0. The maximum atomic E-state index is 9.64. The summed E-state index contributed by atoms with van der Waals surface area (Å²) in [5, 5.41) is 108. The highest BCUT2D eigenvalue weighted by atomic mass is 16.7. The van der Waals surface area contributed by atoms with Crippen LogP contribution in [0.2, 0.25) is 0 Å². The molecule has 36 heteroatoms. The summed E-state index contributed by atoms with van der Waals surface area (Å²) in [7, 11) is 0. The number of hydrogen-bond acceptors (Lipinski definition) is 36. The van der Waals surface area contributed by atoms with Gasteiger partial charge >= 0.3 is 0 Å². The van der Waals surface area contributed by atoms with Crippen LogP contribution in [0.1, 0.15) is 143 Å². The van der Waals surface area contributed by atoms with E-state index in [4.69, 9.17) is 165 Å². The summed E-state index contributed by atoms with van der Waals surface area (Å²) in [4.78, 5) is 0. The SMILES string of the molecule is CC1(C)OCCOC1O.CC1(O)COCCO1.CC1COC(C)(O)CO1.CC1COC(C)C(O)O1.CC1COC(O)C(C)O1.CC1COC(O)CO1.CC1COCC(O)O1.CC1OCC(O)OC1C.CC1OCCOC1(C)O.CC1OCCOC1O.OC1COCCO1.OC1OCCOC12CCCCC2. The van der Waals surface area contributed by atoms with Gasteiger partial charge < -0.3 is 175 Å². The Morgan fingerprint density at radius 2 is 0.771 bits per heavy atom. The number of hydrogen-bond donors (Lipinski definition) is 12. The molecule has 12 aliphatic heterocycles. The fourth-order valence-electron chi connectivity index (χ4n) is 9.69. The van der Waals surface area contributed by atoms with Crippen LogP contribution in [-0.2, 0) is 114 Å². The number of aliphatic hydroxyl groups is 12. The number of ether oxygens (including phenoxy) is 24. The Labute approximate surface area is 620 Å². The van der Waals surface area contributed by atoms with Gasteiger partial charge in [-0.05, 0) is 124 Å². The zero-order chi connectivity index (χ0) is 78.8. The molecular weight excluding hydrogens is 1400 g/mol. The Kier molecular flexibility index (Phi) is 50.8. The molecule has 0 aromatic rings. The second-order valence-electron chi connectivity index (χ2n) is 27.7. The van der Waals surface area contributed by atoms with Gasteiger partial charge in [0.25, 0.3) is 0 Å². The summed E-state index contributed by atoms with van der Waals surface area (Å²) in [6.45, 7) is 39.9. The molecule has 1 aliphatic carbocycles. The van der Waals surface area contributed by atoms with E-state index in [2.05, 4.69) is 0 Å². The van der Waals surface area contributed by atoms with Crippen molar-refractivity contribution in [1.82, 2.24) is 0 Å². The van der Waals surface area contributed by atoms with Crippen molar-refractivity contribution in [3.63, 3.8) is 0 Å². The molecular formula is C69H136O36. The molecule has 0 bridgehead atoms. The molecule has 23 unspecified atom stereocenters. The summed E-state index contributed by atoms with van der Waals surface area (Å²) in [5.74, 6) is -3.19. The van der Waals surface area contributed by atoms with Crippen molar-refractivity contribution in [3.8, 4) is 0 Å². The monoisotopic (exact) mass is 1540 g/mol. The van der Waals surface area contributed by atoms with Crippen LogP contribution in [0.5, 0.6) is 0 Å². The van der Waals surface area contributed by atoms with Crippen molar-refractivity contribution in [1.29, 1.82) is 0 Å². The summed E-state index contributed by atoms with van der Waals surface area (Å²) in [6.07, 6.45) is -1.21. The van der Waals surface area contributed by atoms with E-state index in [-0.39, 0.29) is 86.0 Å². The molecule has 36 nitrogen and oxygen atoms in total. The lowest BCUT2D eigenvalue weighted by molar-refractivity contribution is -0.289. The van der Waals surface area contributed by atoms with Crippen molar-refractivity contribution in [2.75, 3.05) is 152 Å². The molecule has 13 fully saturated rings. The van der Waals surface area contributed by atoms with Crippen LogP contribution in [-0.4, -0.2) is 366 Å². The third-order valence-corrected chi connectivity index (χ3v) is 16.5. The first-order chi connectivity index (χ1) is 49.3. The van der Waals surface area contributed by atoms with E-state index in [0.29, 0.717) is 139 Å². The van der Waals surface area contributed by atoms with Gasteiger partial charge in [0.2, 0.25) is 0 Å². The molecule has 1 spiro atoms. The van der Waals surface area contributed by atoms with Crippen molar-refractivity contribution in [2.24, 2.45) is 0 Å². The Hall–Kier alpha value is -1.44. The van der Waals surface area contributed by atoms with Crippen LogP contribution < -0.4 is 0 Å². The minimum absolute atomic E-state index is 0.00810. The lowest BCUT2D eigenvalue weighted by atomic mass is 9.83. The fraction of sp³-hybridized carbons (Fsp3) is 1.00. The number of rotatable bonds is 0. The van der Waals surface area contributed by atoms with Gasteiger partial charge in [0.1, 0.15) is 48.8 Å². The van der Waals surface area contributed by atoms with Gasteiger partial charge in [0, 0.05) is 0 Å². The average molecular weight is 1540 g/mol. The second-order valence-corrected chi connectivity index (χ2v) is 27.7. The first-order valence-electron chi connectivity index (χ1n) is 36.5. The van der Waals surface area contributed by atoms with Crippen molar-refractivity contribution < 1.29 is 175 Å². The Morgan fingerprint density at radius 1 is 0.276 bits per heavy atom. The third-order valence-electron chi connectivity index (χ3n) is 16.5. The highest BCUT2D eigenvalue weighted by molar-refractivity contribution is 4.89. The van der Waals surface area contributed by atoms with Crippen LogP contribution >= 0.6 is 0 Å². The Balaban J connectivity index is 0.000000390. The second kappa shape index (κ2) is 53.5. The quantitative estimate of drug-likeness (QED) is 0.153. The Morgan fingerprint density at radius 3 is 1.16 bits per heavy atom. The van der Waals surface area contributed by atoms with Crippen molar-refractivity contribution >= 4 is 0 Å². The lowest BCUT2D eigenvalue weighted by Gasteiger charge is -2.43. The van der Waals surface area contributed by atoms with Gasteiger partial charge in [-0.2, -0.15) is 0 Å². The average Bonchev–Trinajstić information content (AvgIpc) is 0.814. The molecule has 0 aromatic heterocycles. The predicted octanol–water partition coefficient (Wildman–Crippen LogP) is 0.144. The predicted molar refractivity (Wildman–Crippen MR) is 368 cm³/mol. The zero-order valence-electron chi connectivity index (χ0n) is 65.0. The van der Waals surface area contributed by atoms with Crippen LogP contribution in [0.25, 0.3) is 0 Å². The van der Waals surface area contributed by atoms with Crippen LogP contribution in [0.15, 0.2) is 0 Å². The Bertz CT molecular complexity index is 1950. The first-order valence-corrected chi connectivity index (χ1v) is 36.5. The van der Waals surface area contributed by atoms with Crippen LogP contribution in [0.3, 0.4) is 0 Å². The molecule has 12 saturated heterocycles. The van der Waals surface area contributed by atoms with Gasteiger partial charge in [-0.1, -0.05) is 19.3 Å². The normalized spacial score (nSPS) is 40.6. The molecule has 0 aromatic carbocycles. The van der Waals surface area contributed by atoms with E-state index in [0.717, 1.165) is 25.7 Å². The smallest absolute Gasteiger partial charge is 0.189 e. The van der Waals surface area contributed by atoms with Crippen molar-refractivity contribution in [2.45, 2.75) is 295 Å². The van der Waals surface area contributed by atoms with Gasteiger partial charge in [-0.25, -0.2) is 0 Å². The third kappa shape index (κ3) is 45.8. The molecule has 628 valence electrons. The van der Waals surface area contributed by atoms with Gasteiger partial charge in [-0.15, -0.1) is 0 Å². The van der Waals surface area contributed by atoms with Gasteiger partial charge in [-0.3, -0.25) is 0 Å². The molecule has 0 amide bonds. The molecule has 13 rings (SSSR count). The van der Waals surface area contributed by atoms with E-state index in [1.807, 2.05) is 48.5 Å². The summed E-state index contributed by atoms with van der Waals surface area (Å²) >= 11 is 0. The molecule has 1 saturated carbocycles. The minimum Gasteiger partial charge on any atom is -0.374 e. The first kappa shape index (κ1) is 99.6. The summed E-state index contributed by atoms with van der Waals surface area (Å²) in [6, 6.07) is 0. The van der Waals surface area contributed by atoms with Crippen LogP contribution in [0, 0.1) is 0 Å². The van der Waals surface area contributed by atoms with Gasteiger partial charge in [0.05, 0.1) is 181 Å². The molecule has 13 aliphatic rings. The maximum Gasteiger partial charge on any atom is 0.189 e. The largest absolute Gasteiger partial charge is 0.374 e. The standard InChI is InChI=1S/C9H16O3.6C6H12O3.4C5H10O3.C4H8O3/c10-8-9(12-7-6-11-8)4-2-1-3-5-9;1-5-3-9-6(2,7)4-8-5;1-6(2)5(7)8-3-4-9-6;1-5-6(2,7)9-4-3-8-5;1-4-5(2)9-6(7)3-8-4;1-4-3-8-6(7)5(2)9-4;1-4-3-8-5(2)6(7)9-4;1-4-2-8-5(6)3-7-4;1-4-2-7-3-5(6)8-4;1-5(6)4-7-2-3-8-5;1-4-5(6)8-3-2-7-4;5-4-3-6-1-2-7-4/h8,10H,1-7H2;3*5,7H,3-4H2,1-2H3;3*4-7H,3H2,1-2H3;2*4-6H,2-3H2,1H3;6H,2-4H2,1H3;4-6H,2-3H2,1H3;4-5H,1-3H2. The fourth-order valence-corrected chi connectivity index (χ4v) is 9.69. The van der Waals surface area contributed by atoms with Crippen LogP contribution in [0.4, 0.5) is 0 Å². The molecule has 105 heavy (non-hydrogen) atoms. The van der Waals surface area contributed by atoms with Crippen molar-refractivity contribution in [3.05, 3.63) is 0 Å². The minimum atomic E-state index is -1.09. The topological polar surface area (TPSA) is 464 Å². The maximum absolute atomic E-state index is 9.64. The molecule has 0 radical (unpaired) electrons. The van der Waals surface area contributed by atoms with E-state index in [9.17, 15) is 10.2 Å². The summed E-state index contributed by atoms with van der Waals surface area (Å²) < 4.78 is 121. The molecule has 23 atom stereocenters. The van der Waals surface area contributed by atoms with E-state index in [1.54, 1.807) is 62.3 Å². The van der Waals surface area contributed by atoms with E-state index in [1.165, 1.54) is 6.42 Å². The molecule has 12 N–H and O–H groups in total. The highest BCUT2D eigenvalue weighted by Crippen LogP contribution is 2.37. The lowest BCUT2D eigenvalue weighted by Crippen LogP contribution is -2.52. The summed E-state index contributed by atoms with van der Waals surface area (Å²) in [5.41, 5.74) is -0.880. The van der Waals surface area contributed by atoms with E-state index < -0.39 is 79.6 Å². The number of aliphatic hydroxyl groups excluding tert-OH is 9. The van der Waals surface area contributed by atoms with E-state index >= 15 is 0 Å². The molecule has 12 heterocycles. The van der Waals surface area contributed by atoms with Gasteiger partial charge in [0.15, 0.2) is 74.0 Å².